The number of aliphatic carboxylic acids is 1. The second kappa shape index (κ2) is 4.28. The molecule has 1 unspecified atom stereocenters. The molecule has 3 N–H and O–H groups in total. The molecule has 0 bridgehead atoms. The van der Waals surface area contributed by atoms with Crippen LogP contribution in [-0.2, 0) is 4.79 Å². The first-order valence-corrected chi connectivity index (χ1v) is 4.55. The van der Waals surface area contributed by atoms with Crippen LogP contribution in [0.5, 0.6) is 0 Å². The number of rotatable bonds is 4. The summed E-state index contributed by atoms with van der Waals surface area (Å²) in [6.45, 7) is 3.80. The topological polar surface area (TPSA) is 76.5 Å². The van der Waals surface area contributed by atoms with E-state index in [9.17, 15) is 4.79 Å². The fraction of sp³-hybridized carbons (Fsp3) is 0.500. The van der Waals surface area contributed by atoms with Crippen LogP contribution in [0.2, 0.25) is 0 Å². The number of carbonyl (C=O) groups is 1. The van der Waals surface area contributed by atoms with Crippen molar-refractivity contribution in [2.24, 2.45) is 5.73 Å². The molecule has 1 atom stereocenters. The highest BCUT2D eigenvalue weighted by Crippen LogP contribution is 2.21. The maximum atomic E-state index is 10.3. The van der Waals surface area contributed by atoms with Crippen LogP contribution in [0.1, 0.15) is 36.0 Å². The predicted molar refractivity (Wildman–Crippen MR) is 52.0 cm³/mol. The smallest absolute Gasteiger partial charge is 0.303 e. The zero-order chi connectivity index (χ0) is 10.7. The van der Waals surface area contributed by atoms with Crippen LogP contribution >= 0.6 is 0 Å². The molecule has 78 valence electrons. The third-order valence-electron chi connectivity index (χ3n) is 2.22. The Morgan fingerprint density at radius 1 is 1.64 bits per heavy atom. The number of carboxylic acid groups (broad SMARTS) is 1. The quantitative estimate of drug-likeness (QED) is 0.771. The summed E-state index contributed by atoms with van der Waals surface area (Å²) in [6, 6.07) is 1.54. The molecule has 0 aliphatic heterocycles. The number of hydrogen-bond acceptors (Lipinski definition) is 3. The monoisotopic (exact) mass is 197 g/mol. The first-order valence-electron chi connectivity index (χ1n) is 4.55. The molecule has 0 saturated carbocycles. The van der Waals surface area contributed by atoms with Gasteiger partial charge >= 0.3 is 5.97 Å². The number of hydrogen-bond donors (Lipinski definition) is 2. The third kappa shape index (κ3) is 2.60. The fourth-order valence-electron chi connectivity index (χ4n) is 1.21. The summed E-state index contributed by atoms with van der Waals surface area (Å²) in [5.41, 5.74) is 6.82. The molecule has 0 saturated heterocycles. The van der Waals surface area contributed by atoms with Crippen LogP contribution in [0.4, 0.5) is 0 Å². The summed E-state index contributed by atoms with van der Waals surface area (Å²) in [5.74, 6) is 0.674. The Bertz CT molecular complexity index is 311. The maximum Gasteiger partial charge on any atom is 0.303 e. The van der Waals surface area contributed by atoms with Crippen LogP contribution in [0.25, 0.3) is 0 Å². The molecule has 1 aromatic heterocycles. The Morgan fingerprint density at radius 3 is 2.71 bits per heavy atom. The summed E-state index contributed by atoms with van der Waals surface area (Å²) in [5, 5.41) is 8.48. The van der Waals surface area contributed by atoms with Gasteiger partial charge in [-0.25, -0.2) is 0 Å². The number of carboxylic acids is 1. The minimum Gasteiger partial charge on any atom is -0.481 e. The van der Waals surface area contributed by atoms with Gasteiger partial charge < -0.3 is 15.3 Å². The lowest BCUT2D eigenvalue weighted by Gasteiger charge is -2.05. The average Bonchev–Trinajstić information content (AvgIpc) is 2.43. The number of aryl methyl sites for hydroxylation is 2. The number of nitrogens with two attached hydrogens (primary N) is 1. The van der Waals surface area contributed by atoms with E-state index in [0.29, 0.717) is 12.2 Å². The lowest BCUT2D eigenvalue weighted by molar-refractivity contribution is -0.137. The van der Waals surface area contributed by atoms with Crippen molar-refractivity contribution in [1.29, 1.82) is 0 Å². The van der Waals surface area contributed by atoms with Crippen LogP contribution < -0.4 is 5.73 Å². The molecule has 14 heavy (non-hydrogen) atoms. The van der Waals surface area contributed by atoms with Crippen molar-refractivity contribution >= 4 is 5.97 Å². The summed E-state index contributed by atoms with van der Waals surface area (Å²) in [7, 11) is 0. The van der Waals surface area contributed by atoms with E-state index in [1.807, 2.05) is 19.9 Å². The van der Waals surface area contributed by atoms with Crippen LogP contribution in [-0.4, -0.2) is 11.1 Å². The molecule has 0 spiro atoms. The van der Waals surface area contributed by atoms with Gasteiger partial charge in [0, 0.05) is 6.42 Å². The van der Waals surface area contributed by atoms with Crippen molar-refractivity contribution in [3.63, 3.8) is 0 Å². The summed E-state index contributed by atoms with van der Waals surface area (Å²) in [4.78, 5) is 10.3. The SMILES string of the molecule is Cc1cc(C(N)CCC(=O)O)oc1C. The fourth-order valence-corrected chi connectivity index (χ4v) is 1.21. The Morgan fingerprint density at radius 2 is 2.29 bits per heavy atom. The predicted octanol–water partition coefficient (Wildman–Crippen LogP) is 1.76. The van der Waals surface area contributed by atoms with Gasteiger partial charge in [0.05, 0.1) is 6.04 Å². The van der Waals surface area contributed by atoms with Gasteiger partial charge in [-0.05, 0) is 31.9 Å². The standard InChI is InChI=1S/C10H15NO3/c1-6-5-9(14-7(6)2)8(11)3-4-10(12)13/h5,8H,3-4,11H2,1-2H3,(H,12,13). The molecule has 0 amide bonds. The van der Waals surface area contributed by atoms with Crippen molar-refractivity contribution in [3.8, 4) is 0 Å². The highest BCUT2D eigenvalue weighted by molar-refractivity contribution is 5.66. The van der Waals surface area contributed by atoms with Crippen molar-refractivity contribution in [3.05, 3.63) is 23.2 Å². The largest absolute Gasteiger partial charge is 0.481 e. The molecule has 1 rings (SSSR count). The summed E-state index contributed by atoms with van der Waals surface area (Å²) in [6.07, 6.45) is 0.474. The molecule has 1 heterocycles. The average molecular weight is 197 g/mol. The van der Waals surface area contributed by atoms with E-state index in [0.717, 1.165) is 11.3 Å². The molecule has 4 heteroatoms. The van der Waals surface area contributed by atoms with Crippen LogP contribution in [0.3, 0.4) is 0 Å². The highest BCUT2D eigenvalue weighted by Gasteiger charge is 2.13. The van der Waals surface area contributed by atoms with Crippen LogP contribution in [0, 0.1) is 13.8 Å². The van der Waals surface area contributed by atoms with E-state index >= 15 is 0 Å². The molecule has 0 radical (unpaired) electrons. The van der Waals surface area contributed by atoms with E-state index in [1.165, 1.54) is 0 Å². The molecular formula is C10H15NO3. The molecule has 0 aliphatic rings. The van der Waals surface area contributed by atoms with Gasteiger partial charge in [0.15, 0.2) is 0 Å². The van der Waals surface area contributed by atoms with E-state index in [-0.39, 0.29) is 12.5 Å². The van der Waals surface area contributed by atoms with Crippen molar-refractivity contribution in [2.75, 3.05) is 0 Å². The normalized spacial score (nSPS) is 12.8. The van der Waals surface area contributed by atoms with Gasteiger partial charge in [-0.3, -0.25) is 4.79 Å². The Hall–Kier alpha value is -1.29. The molecule has 0 aromatic carbocycles. The van der Waals surface area contributed by atoms with E-state index in [2.05, 4.69) is 0 Å². The molecular weight excluding hydrogens is 182 g/mol. The lowest BCUT2D eigenvalue weighted by atomic mass is 10.1. The van der Waals surface area contributed by atoms with Gasteiger partial charge in [-0.15, -0.1) is 0 Å². The molecule has 4 nitrogen and oxygen atoms in total. The van der Waals surface area contributed by atoms with Gasteiger partial charge in [-0.1, -0.05) is 0 Å². The Balaban J connectivity index is 2.60. The highest BCUT2D eigenvalue weighted by atomic mass is 16.4. The van der Waals surface area contributed by atoms with Gasteiger partial charge in [0.2, 0.25) is 0 Å². The Labute approximate surface area is 82.7 Å². The van der Waals surface area contributed by atoms with Crippen molar-refractivity contribution in [1.82, 2.24) is 0 Å². The maximum absolute atomic E-state index is 10.3. The van der Waals surface area contributed by atoms with Gasteiger partial charge in [-0.2, -0.15) is 0 Å². The first kappa shape index (κ1) is 10.8. The van der Waals surface area contributed by atoms with E-state index in [4.69, 9.17) is 15.3 Å². The Kier molecular flexibility index (Phi) is 3.30. The third-order valence-corrected chi connectivity index (χ3v) is 2.22. The number of furan rings is 1. The summed E-state index contributed by atoms with van der Waals surface area (Å²) >= 11 is 0. The zero-order valence-electron chi connectivity index (χ0n) is 8.41. The molecule has 0 fully saturated rings. The van der Waals surface area contributed by atoms with Gasteiger partial charge in [0.1, 0.15) is 11.5 Å². The van der Waals surface area contributed by atoms with E-state index in [1.54, 1.807) is 0 Å². The van der Waals surface area contributed by atoms with Gasteiger partial charge in [0.25, 0.3) is 0 Å². The first-order chi connectivity index (χ1) is 6.50. The van der Waals surface area contributed by atoms with Crippen LogP contribution in [0.15, 0.2) is 10.5 Å². The summed E-state index contributed by atoms with van der Waals surface area (Å²) < 4.78 is 5.39. The molecule has 1 aromatic rings. The molecule has 0 aliphatic carbocycles. The minimum absolute atomic E-state index is 0.0694. The lowest BCUT2D eigenvalue weighted by Crippen LogP contribution is -2.11. The zero-order valence-corrected chi connectivity index (χ0v) is 8.41. The van der Waals surface area contributed by atoms with Crippen molar-refractivity contribution in [2.45, 2.75) is 32.7 Å². The van der Waals surface area contributed by atoms with E-state index < -0.39 is 5.97 Å². The van der Waals surface area contributed by atoms with Crippen molar-refractivity contribution < 1.29 is 14.3 Å². The minimum atomic E-state index is -0.833. The second-order valence-corrected chi connectivity index (χ2v) is 3.43. The second-order valence-electron chi connectivity index (χ2n) is 3.43.